The Balaban J connectivity index is 1.92. The summed E-state index contributed by atoms with van der Waals surface area (Å²) in [6, 6.07) is 14.0. The zero-order valence-electron chi connectivity index (χ0n) is 13.3. The summed E-state index contributed by atoms with van der Waals surface area (Å²) < 4.78 is 31.8. The van der Waals surface area contributed by atoms with Gasteiger partial charge in [-0.15, -0.1) is 0 Å². The molecule has 0 saturated heterocycles. The van der Waals surface area contributed by atoms with E-state index >= 15 is 0 Å². The lowest BCUT2D eigenvalue weighted by atomic mass is 10.1. The maximum Gasteiger partial charge on any atom is 0.248 e. The topological polar surface area (TPSA) is 63.4 Å². The number of benzene rings is 2. The van der Waals surface area contributed by atoms with E-state index in [0.29, 0.717) is 11.5 Å². The fraction of sp³-hybridized carbons (Fsp3) is 0.235. The van der Waals surface area contributed by atoms with Gasteiger partial charge < -0.3 is 4.52 Å². The second-order valence-electron chi connectivity index (χ2n) is 5.60. The molecule has 0 radical (unpaired) electrons. The third kappa shape index (κ3) is 2.87. The molecule has 0 aliphatic rings. The highest BCUT2D eigenvalue weighted by Gasteiger charge is 2.28. The second kappa shape index (κ2) is 5.79. The number of aromatic nitrogens is 1. The molecule has 120 valence electrons. The van der Waals surface area contributed by atoms with Gasteiger partial charge >= 0.3 is 0 Å². The van der Waals surface area contributed by atoms with Crippen LogP contribution in [-0.4, -0.2) is 24.9 Å². The Kier molecular flexibility index (Phi) is 3.95. The van der Waals surface area contributed by atoms with Gasteiger partial charge in [0.25, 0.3) is 0 Å². The van der Waals surface area contributed by atoms with E-state index in [9.17, 15) is 8.42 Å². The first-order valence-electron chi connectivity index (χ1n) is 7.26. The van der Waals surface area contributed by atoms with Gasteiger partial charge in [-0.3, -0.25) is 0 Å². The van der Waals surface area contributed by atoms with E-state index in [-0.39, 0.29) is 11.4 Å². The third-order valence-electron chi connectivity index (χ3n) is 3.86. The summed E-state index contributed by atoms with van der Waals surface area (Å²) >= 11 is 0. The molecule has 1 aromatic heterocycles. The van der Waals surface area contributed by atoms with Crippen LogP contribution in [0.3, 0.4) is 0 Å². The smallest absolute Gasteiger partial charge is 0.248 e. The minimum absolute atomic E-state index is 0.154. The Morgan fingerprint density at radius 2 is 1.78 bits per heavy atom. The lowest BCUT2D eigenvalue weighted by molar-refractivity contribution is 0.389. The maximum absolute atomic E-state index is 12.7. The van der Waals surface area contributed by atoms with Crippen LogP contribution in [-0.2, 0) is 16.6 Å². The predicted molar refractivity (Wildman–Crippen MR) is 88.6 cm³/mol. The van der Waals surface area contributed by atoms with Gasteiger partial charge in [0.15, 0.2) is 5.76 Å². The van der Waals surface area contributed by atoms with Crippen molar-refractivity contribution in [3.05, 3.63) is 59.5 Å². The van der Waals surface area contributed by atoms with Crippen molar-refractivity contribution in [2.75, 3.05) is 7.05 Å². The highest BCUT2D eigenvalue weighted by molar-refractivity contribution is 7.89. The van der Waals surface area contributed by atoms with E-state index in [0.717, 1.165) is 16.3 Å². The largest absolute Gasteiger partial charge is 0.360 e. The summed E-state index contributed by atoms with van der Waals surface area (Å²) in [5, 5.41) is 5.95. The van der Waals surface area contributed by atoms with Crippen molar-refractivity contribution >= 4 is 20.8 Å². The zero-order chi connectivity index (χ0) is 16.6. The molecule has 0 N–H and O–H groups in total. The molecule has 0 amide bonds. The Morgan fingerprint density at radius 3 is 2.43 bits per heavy atom. The molecule has 1 heterocycles. The third-order valence-corrected chi connectivity index (χ3v) is 5.90. The van der Waals surface area contributed by atoms with E-state index in [1.807, 2.05) is 42.5 Å². The Labute approximate surface area is 135 Å². The Bertz CT molecular complexity index is 941. The lowest BCUT2D eigenvalue weighted by Crippen LogP contribution is -2.27. The molecule has 3 aromatic rings. The number of nitrogens with zero attached hydrogens (tertiary/aromatic N) is 2. The fourth-order valence-corrected chi connectivity index (χ4v) is 4.12. The average Bonchev–Trinajstić information content (AvgIpc) is 2.86. The molecule has 0 unspecified atom stereocenters. The summed E-state index contributed by atoms with van der Waals surface area (Å²) in [5.41, 5.74) is 1.31. The van der Waals surface area contributed by atoms with Gasteiger partial charge in [0, 0.05) is 13.6 Å². The SMILES string of the molecule is Cc1noc(C)c1S(=O)(=O)N(C)Cc1ccc2ccccc2c1. The van der Waals surface area contributed by atoms with Crippen LogP contribution in [0.2, 0.25) is 0 Å². The highest BCUT2D eigenvalue weighted by atomic mass is 32.2. The molecular weight excluding hydrogens is 312 g/mol. The summed E-state index contributed by atoms with van der Waals surface area (Å²) in [7, 11) is -2.07. The van der Waals surface area contributed by atoms with E-state index < -0.39 is 10.0 Å². The second-order valence-corrected chi connectivity index (χ2v) is 7.58. The van der Waals surface area contributed by atoms with Crippen molar-refractivity contribution in [2.24, 2.45) is 0 Å². The number of aryl methyl sites for hydroxylation is 2. The van der Waals surface area contributed by atoms with Crippen LogP contribution < -0.4 is 0 Å². The van der Waals surface area contributed by atoms with Crippen LogP contribution in [0, 0.1) is 13.8 Å². The summed E-state index contributed by atoms with van der Waals surface area (Å²) in [4.78, 5) is 0.154. The lowest BCUT2D eigenvalue weighted by Gasteiger charge is -2.17. The van der Waals surface area contributed by atoms with Gasteiger partial charge in [-0.1, -0.05) is 41.6 Å². The van der Waals surface area contributed by atoms with Gasteiger partial charge in [0.2, 0.25) is 10.0 Å². The molecule has 5 nitrogen and oxygen atoms in total. The monoisotopic (exact) mass is 330 g/mol. The molecule has 23 heavy (non-hydrogen) atoms. The highest BCUT2D eigenvalue weighted by Crippen LogP contribution is 2.24. The molecule has 0 saturated carbocycles. The summed E-state index contributed by atoms with van der Waals surface area (Å²) in [6.45, 7) is 3.53. The molecule has 0 aliphatic heterocycles. The van der Waals surface area contributed by atoms with Crippen LogP contribution in [0.1, 0.15) is 17.0 Å². The van der Waals surface area contributed by atoms with Crippen molar-refractivity contribution in [1.82, 2.24) is 9.46 Å². The van der Waals surface area contributed by atoms with Crippen LogP contribution in [0.15, 0.2) is 51.9 Å². The fourth-order valence-electron chi connectivity index (χ4n) is 2.68. The van der Waals surface area contributed by atoms with Gasteiger partial charge in [-0.25, -0.2) is 8.42 Å². The van der Waals surface area contributed by atoms with Crippen molar-refractivity contribution in [2.45, 2.75) is 25.3 Å². The molecule has 0 aliphatic carbocycles. The minimum Gasteiger partial charge on any atom is -0.360 e. The molecule has 2 aromatic carbocycles. The molecule has 0 bridgehead atoms. The van der Waals surface area contributed by atoms with Crippen molar-refractivity contribution in [3.8, 4) is 0 Å². The van der Waals surface area contributed by atoms with Crippen molar-refractivity contribution in [1.29, 1.82) is 0 Å². The summed E-state index contributed by atoms with van der Waals surface area (Å²) in [6.07, 6.45) is 0. The predicted octanol–water partition coefficient (Wildman–Crippen LogP) is 3.27. The molecule has 0 atom stereocenters. The van der Waals surface area contributed by atoms with Crippen LogP contribution in [0.5, 0.6) is 0 Å². The van der Waals surface area contributed by atoms with E-state index in [2.05, 4.69) is 5.16 Å². The van der Waals surface area contributed by atoms with Gasteiger partial charge in [0.1, 0.15) is 10.6 Å². The molecule has 0 fully saturated rings. The first kappa shape index (κ1) is 15.7. The normalized spacial score (nSPS) is 12.2. The minimum atomic E-state index is -3.63. The average molecular weight is 330 g/mol. The zero-order valence-corrected chi connectivity index (χ0v) is 14.1. The number of sulfonamides is 1. The first-order valence-corrected chi connectivity index (χ1v) is 8.70. The number of hydrogen-bond donors (Lipinski definition) is 0. The van der Waals surface area contributed by atoms with Gasteiger partial charge in [0.05, 0.1) is 0 Å². The van der Waals surface area contributed by atoms with Crippen molar-refractivity contribution < 1.29 is 12.9 Å². The van der Waals surface area contributed by atoms with Crippen LogP contribution in [0.4, 0.5) is 0 Å². The molecule has 6 heteroatoms. The number of rotatable bonds is 4. The standard InChI is InChI=1S/C17H18N2O3S/c1-12-17(13(2)22-18-12)23(20,21)19(3)11-14-8-9-15-6-4-5-7-16(15)10-14/h4-10H,11H2,1-3H3. The number of fused-ring (bicyclic) bond motifs is 1. The maximum atomic E-state index is 12.7. The van der Waals surface area contributed by atoms with Gasteiger partial charge in [-0.05, 0) is 36.2 Å². The molecular formula is C17H18N2O3S. The van der Waals surface area contributed by atoms with Crippen LogP contribution >= 0.6 is 0 Å². The van der Waals surface area contributed by atoms with Crippen LogP contribution in [0.25, 0.3) is 10.8 Å². The van der Waals surface area contributed by atoms with E-state index in [1.54, 1.807) is 20.9 Å². The number of hydrogen-bond acceptors (Lipinski definition) is 4. The summed E-state index contributed by atoms with van der Waals surface area (Å²) in [5.74, 6) is 0.313. The molecule has 3 rings (SSSR count). The quantitative estimate of drug-likeness (QED) is 0.736. The van der Waals surface area contributed by atoms with E-state index in [1.165, 1.54) is 4.31 Å². The first-order chi connectivity index (χ1) is 10.9. The Morgan fingerprint density at radius 1 is 1.09 bits per heavy atom. The van der Waals surface area contributed by atoms with E-state index in [4.69, 9.17) is 4.52 Å². The Hall–Kier alpha value is -2.18. The molecule has 0 spiro atoms. The van der Waals surface area contributed by atoms with Gasteiger partial charge in [-0.2, -0.15) is 4.31 Å². The van der Waals surface area contributed by atoms with Crippen molar-refractivity contribution in [3.63, 3.8) is 0 Å².